The first kappa shape index (κ1) is 22.1. The number of imidazole rings is 1. The van der Waals surface area contributed by atoms with Crippen molar-refractivity contribution < 1.29 is 24.2 Å². The summed E-state index contributed by atoms with van der Waals surface area (Å²) < 4.78 is 12.4. The molecule has 2 aromatic heterocycles. The number of aryl methyl sites for hydroxylation is 1. The van der Waals surface area contributed by atoms with E-state index in [1.807, 2.05) is 53.9 Å². The second-order valence-corrected chi connectivity index (χ2v) is 8.31. The number of methoxy groups -OCH3 is 1. The van der Waals surface area contributed by atoms with Gasteiger partial charge in [-0.3, -0.25) is 0 Å². The minimum Gasteiger partial charge on any atom is -0.497 e. The zero-order valence-corrected chi connectivity index (χ0v) is 18.3. The number of carbonyl (C=O) groups excluding carboxylic acids is 1. The van der Waals surface area contributed by atoms with Gasteiger partial charge in [0, 0.05) is 18.2 Å². The summed E-state index contributed by atoms with van der Waals surface area (Å²) in [6.45, 7) is 7.10. The number of carboxylic acid groups (broad SMARTS) is 1. The third-order valence-corrected chi connectivity index (χ3v) is 4.60. The number of nitrogens with zero attached hydrogens (tertiary/aromatic N) is 2. The van der Waals surface area contributed by atoms with E-state index in [-0.39, 0.29) is 6.42 Å². The number of benzene rings is 1. The molecule has 0 saturated heterocycles. The molecule has 0 radical (unpaired) electrons. The van der Waals surface area contributed by atoms with Gasteiger partial charge in [-0.05, 0) is 51.5 Å². The first-order valence-corrected chi connectivity index (χ1v) is 9.91. The predicted molar refractivity (Wildman–Crippen MR) is 116 cm³/mol. The van der Waals surface area contributed by atoms with Crippen molar-refractivity contribution in [3.8, 4) is 17.0 Å². The van der Waals surface area contributed by atoms with Gasteiger partial charge in [0.15, 0.2) is 0 Å². The lowest BCUT2D eigenvalue weighted by atomic mass is 10.0. The molecule has 3 aromatic rings. The molecule has 1 amide bonds. The Morgan fingerprint density at radius 1 is 1.23 bits per heavy atom. The fourth-order valence-corrected chi connectivity index (χ4v) is 3.24. The highest BCUT2D eigenvalue weighted by atomic mass is 16.6. The Hall–Kier alpha value is -3.55. The van der Waals surface area contributed by atoms with E-state index >= 15 is 0 Å². The summed E-state index contributed by atoms with van der Waals surface area (Å²) >= 11 is 0. The van der Waals surface area contributed by atoms with Crippen molar-refractivity contribution in [1.82, 2.24) is 14.7 Å². The molecule has 2 heterocycles. The van der Waals surface area contributed by atoms with Gasteiger partial charge in [-0.25, -0.2) is 14.6 Å². The van der Waals surface area contributed by atoms with Gasteiger partial charge in [0.1, 0.15) is 23.0 Å². The van der Waals surface area contributed by atoms with Gasteiger partial charge in [-0.15, -0.1) is 0 Å². The van der Waals surface area contributed by atoms with Gasteiger partial charge >= 0.3 is 12.1 Å². The van der Waals surface area contributed by atoms with Crippen molar-refractivity contribution in [2.24, 2.45) is 0 Å². The van der Waals surface area contributed by atoms with E-state index in [4.69, 9.17) is 14.5 Å². The van der Waals surface area contributed by atoms with Gasteiger partial charge in [0.25, 0.3) is 0 Å². The van der Waals surface area contributed by atoms with Crippen LogP contribution in [0.15, 0.2) is 42.6 Å². The quantitative estimate of drug-likeness (QED) is 0.622. The Bertz CT molecular complexity index is 1110. The fourth-order valence-electron chi connectivity index (χ4n) is 3.24. The lowest BCUT2D eigenvalue weighted by Crippen LogP contribution is -2.44. The topological polar surface area (TPSA) is 102 Å². The lowest BCUT2D eigenvalue weighted by Gasteiger charge is -2.22. The van der Waals surface area contributed by atoms with Crippen LogP contribution in [-0.2, 0) is 16.0 Å². The zero-order valence-electron chi connectivity index (χ0n) is 18.3. The van der Waals surface area contributed by atoms with Crippen molar-refractivity contribution in [3.63, 3.8) is 0 Å². The molecule has 0 saturated carbocycles. The number of fused-ring (bicyclic) bond motifs is 1. The predicted octanol–water partition coefficient (Wildman–Crippen LogP) is 3.84. The molecule has 3 rings (SSSR count). The third kappa shape index (κ3) is 5.33. The number of carboxylic acids is 1. The first-order valence-electron chi connectivity index (χ1n) is 9.91. The number of nitrogens with one attached hydrogen (secondary N) is 1. The maximum absolute atomic E-state index is 12.2. The Kier molecular flexibility index (Phi) is 6.19. The molecule has 1 atom stereocenters. The fraction of sp³-hybridized carbons (Fsp3) is 0.348. The molecule has 31 heavy (non-hydrogen) atoms. The van der Waals surface area contributed by atoms with Crippen molar-refractivity contribution in [2.75, 3.05) is 7.11 Å². The zero-order chi connectivity index (χ0) is 22.8. The van der Waals surface area contributed by atoms with Gasteiger partial charge in [0.2, 0.25) is 0 Å². The maximum Gasteiger partial charge on any atom is 0.408 e. The number of aliphatic carboxylic acids is 1. The van der Waals surface area contributed by atoms with Crippen molar-refractivity contribution in [3.05, 3.63) is 53.9 Å². The summed E-state index contributed by atoms with van der Waals surface area (Å²) in [6.07, 6.45) is 1.13. The van der Waals surface area contributed by atoms with E-state index in [1.165, 1.54) is 0 Å². The number of alkyl carbamates (subject to hydrolysis) is 1. The summed E-state index contributed by atoms with van der Waals surface area (Å²) in [5.41, 5.74) is 3.02. The van der Waals surface area contributed by atoms with Gasteiger partial charge < -0.3 is 24.3 Å². The van der Waals surface area contributed by atoms with Crippen molar-refractivity contribution in [2.45, 2.75) is 45.8 Å². The molecule has 2 N–H and O–H groups in total. The Morgan fingerprint density at radius 2 is 1.97 bits per heavy atom. The smallest absolute Gasteiger partial charge is 0.408 e. The third-order valence-electron chi connectivity index (χ3n) is 4.60. The van der Waals surface area contributed by atoms with Crippen LogP contribution in [-0.4, -0.2) is 45.3 Å². The molecule has 8 nitrogen and oxygen atoms in total. The molecule has 0 fully saturated rings. The number of carbonyl (C=O) groups is 2. The minimum atomic E-state index is -1.19. The Balaban J connectivity index is 2.05. The number of ether oxygens (including phenoxy) is 2. The molecule has 0 bridgehead atoms. The average Bonchev–Trinajstić information content (AvgIpc) is 3.03. The molecule has 8 heteroatoms. The summed E-state index contributed by atoms with van der Waals surface area (Å²) in [4.78, 5) is 28.9. The largest absolute Gasteiger partial charge is 0.497 e. The van der Waals surface area contributed by atoms with Crippen LogP contribution in [0.4, 0.5) is 4.79 Å². The molecule has 0 aliphatic rings. The minimum absolute atomic E-state index is 0.0196. The van der Waals surface area contributed by atoms with Crippen LogP contribution >= 0.6 is 0 Å². The molecular formula is C23H27N3O5. The Morgan fingerprint density at radius 3 is 2.61 bits per heavy atom. The molecule has 1 aromatic carbocycles. The van der Waals surface area contributed by atoms with Crippen LogP contribution in [0.3, 0.4) is 0 Å². The summed E-state index contributed by atoms with van der Waals surface area (Å²) in [5, 5.41) is 12.2. The van der Waals surface area contributed by atoms with Crippen LogP contribution < -0.4 is 10.1 Å². The summed E-state index contributed by atoms with van der Waals surface area (Å²) in [5.74, 6) is -0.497. The summed E-state index contributed by atoms with van der Waals surface area (Å²) in [6, 6.07) is 10.0. The molecule has 0 spiro atoms. The van der Waals surface area contributed by atoms with E-state index < -0.39 is 23.7 Å². The van der Waals surface area contributed by atoms with Crippen molar-refractivity contribution in [1.29, 1.82) is 0 Å². The highest BCUT2D eigenvalue weighted by Gasteiger charge is 2.27. The normalized spacial score (nSPS) is 12.4. The van der Waals surface area contributed by atoms with E-state index in [2.05, 4.69) is 5.32 Å². The number of hydrogen-bond donors (Lipinski definition) is 2. The lowest BCUT2D eigenvalue weighted by molar-refractivity contribution is -0.139. The van der Waals surface area contributed by atoms with E-state index in [9.17, 15) is 14.7 Å². The second-order valence-electron chi connectivity index (χ2n) is 8.31. The van der Waals surface area contributed by atoms with Crippen LogP contribution in [0.2, 0.25) is 0 Å². The molecule has 0 aliphatic heterocycles. The Labute approximate surface area is 180 Å². The molecule has 1 unspecified atom stereocenters. The van der Waals surface area contributed by atoms with E-state index in [0.29, 0.717) is 22.8 Å². The average molecular weight is 425 g/mol. The summed E-state index contributed by atoms with van der Waals surface area (Å²) in [7, 11) is 1.58. The second kappa shape index (κ2) is 8.67. The maximum atomic E-state index is 12.2. The van der Waals surface area contributed by atoms with Crippen molar-refractivity contribution >= 4 is 17.7 Å². The van der Waals surface area contributed by atoms with E-state index in [1.54, 1.807) is 27.9 Å². The van der Waals surface area contributed by atoms with E-state index in [0.717, 1.165) is 11.1 Å². The van der Waals surface area contributed by atoms with Crippen LogP contribution in [0.5, 0.6) is 5.75 Å². The number of amides is 1. The van der Waals surface area contributed by atoms with Crippen LogP contribution in [0, 0.1) is 6.92 Å². The highest BCUT2D eigenvalue weighted by molar-refractivity contribution is 5.81. The number of hydrogen-bond acceptors (Lipinski definition) is 5. The van der Waals surface area contributed by atoms with Gasteiger partial charge in [-0.1, -0.05) is 18.2 Å². The SMILES string of the molecule is COc1cccc(-c2nc3ccc(C)cn3c2CC(NC(=O)OC(C)(C)C)C(=O)O)c1. The van der Waals surface area contributed by atoms with Gasteiger partial charge in [-0.2, -0.15) is 0 Å². The monoisotopic (exact) mass is 425 g/mol. The van der Waals surface area contributed by atoms with Crippen LogP contribution in [0.25, 0.3) is 16.9 Å². The number of aromatic nitrogens is 2. The highest BCUT2D eigenvalue weighted by Crippen LogP contribution is 2.28. The van der Waals surface area contributed by atoms with Gasteiger partial charge in [0.05, 0.1) is 18.5 Å². The van der Waals surface area contributed by atoms with Crippen LogP contribution in [0.1, 0.15) is 32.0 Å². The molecule has 0 aliphatic carbocycles. The number of pyridine rings is 1. The standard InChI is InChI=1S/C23H27N3O5/c1-14-9-10-19-25-20(15-7-6-8-16(11-15)30-5)18(26(19)13-14)12-17(21(27)28)24-22(29)31-23(2,3)4/h6-11,13,17H,12H2,1-5H3,(H,24,29)(H,27,28). The first-order chi connectivity index (χ1) is 14.6. The molecule has 164 valence electrons. The number of rotatable bonds is 6. The molecular weight excluding hydrogens is 398 g/mol.